The van der Waals surface area contributed by atoms with Crippen LogP contribution in [-0.4, -0.2) is 69.9 Å². The lowest BCUT2D eigenvalue weighted by atomic mass is 9.99. The summed E-state index contributed by atoms with van der Waals surface area (Å²) in [4.78, 5) is 21.9. The fourth-order valence-corrected chi connectivity index (χ4v) is 3.45. The summed E-state index contributed by atoms with van der Waals surface area (Å²) in [6.07, 6.45) is 3.89. The van der Waals surface area contributed by atoms with E-state index in [2.05, 4.69) is 4.98 Å². The van der Waals surface area contributed by atoms with Crippen LogP contribution >= 0.6 is 0 Å². The van der Waals surface area contributed by atoms with Gasteiger partial charge in [-0.25, -0.2) is 0 Å². The molecule has 2 heterocycles. The first kappa shape index (κ1) is 23.4. The normalized spacial score (nSPS) is 13.9. The van der Waals surface area contributed by atoms with E-state index in [9.17, 15) is 4.79 Å². The van der Waals surface area contributed by atoms with Crippen LogP contribution in [0.15, 0.2) is 30.3 Å². The van der Waals surface area contributed by atoms with Gasteiger partial charge in [0.1, 0.15) is 22.9 Å². The fourth-order valence-electron chi connectivity index (χ4n) is 3.45. The Morgan fingerprint density at radius 3 is 2.41 bits per heavy atom. The van der Waals surface area contributed by atoms with E-state index in [1.165, 1.54) is 7.11 Å². The second-order valence-corrected chi connectivity index (χ2v) is 8.24. The van der Waals surface area contributed by atoms with Gasteiger partial charge in [0.05, 0.1) is 32.5 Å². The maximum Gasteiger partial charge on any atom is 0.263 e. The van der Waals surface area contributed by atoms with E-state index in [-0.39, 0.29) is 5.91 Å². The lowest BCUT2D eigenvalue weighted by molar-refractivity contribution is 0.0981. The summed E-state index contributed by atoms with van der Waals surface area (Å²) in [6, 6.07) is 7.02. The molecular weight excluding hydrogens is 410 g/mol. The zero-order chi connectivity index (χ0) is 23.5. The van der Waals surface area contributed by atoms with Gasteiger partial charge in [-0.2, -0.15) is 4.98 Å². The van der Waals surface area contributed by atoms with Crippen molar-refractivity contribution >= 4 is 17.8 Å². The Labute approximate surface area is 189 Å². The van der Waals surface area contributed by atoms with E-state index in [0.29, 0.717) is 47.6 Å². The van der Waals surface area contributed by atoms with Crippen LogP contribution in [0.4, 0.5) is 5.82 Å². The topological polar surface area (TPSA) is 73.4 Å². The van der Waals surface area contributed by atoms with Gasteiger partial charge in [-0.05, 0) is 64.4 Å². The predicted molar refractivity (Wildman–Crippen MR) is 124 cm³/mol. The number of likely N-dealkylation sites (N-methyl/N-ethyl adjacent to an activating group) is 1. The van der Waals surface area contributed by atoms with Crippen LogP contribution in [-0.2, 0) is 0 Å². The van der Waals surface area contributed by atoms with Gasteiger partial charge >= 0.3 is 0 Å². The van der Waals surface area contributed by atoms with E-state index < -0.39 is 5.60 Å². The minimum Gasteiger partial charge on any atom is -0.495 e. The number of nitrogens with zero attached hydrogens (tertiary/aromatic N) is 3. The SMILES string of the molecule is COc1ccc(N(CCN(C)C)C(=O)c2ccc3c(c2OC)C=CC(C)(C)O3)nc1OC. The number of carbonyl (C=O) groups excluding carboxylic acids is 1. The molecule has 2 aromatic rings. The molecule has 32 heavy (non-hydrogen) atoms. The zero-order valence-corrected chi connectivity index (χ0v) is 19.8. The molecular formula is C24H31N3O5. The Balaban J connectivity index is 2.06. The lowest BCUT2D eigenvalue weighted by Crippen LogP contribution is -2.37. The summed E-state index contributed by atoms with van der Waals surface area (Å²) in [6.45, 7) is 5.02. The molecule has 8 heteroatoms. The Morgan fingerprint density at radius 2 is 1.78 bits per heavy atom. The maximum atomic E-state index is 13.8. The number of ether oxygens (including phenoxy) is 4. The second-order valence-electron chi connectivity index (χ2n) is 8.24. The monoisotopic (exact) mass is 441 g/mol. The van der Waals surface area contributed by atoms with Gasteiger partial charge in [0.25, 0.3) is 11.8 Å². The van der Waals surface area contributed by atoms with Crippen molar-refractivity contribution in [2.45, 2.75) is 19.4 Å². The van der Waals surface area contributed by atoms with E-state index in [1.54, 1.807) is 37.3 Å². The molecule has 1 aromatic heterocycles. The number of carbonyl (C=O) groups is 1. The number of hydrogen-bond acceptors (Lipinski definition) is 7. The highest BCUT2D eigenvalue weighted by molar-refractivity contribution is 6.08. The van der Waals surface area contributed by atoms with Crippen LogP contribution in [0, 0.1) is 0 Å². The van der Waals surface area contributed by atoms with Gasteiger partial charge in [-0.15, -0.1) is 0 Å². The summed E-state index contributed by atoms with van der Waals surface area (Å²) in [5.74, 6) is 2.17. The van der Waals surface area contributed by atoms with Gasteiger partial charge in [0, 0.05) is 13.1 Å². The number of pyridine rings is 1. The van der Waals surface area contributed by atoms with Gasteiger partial charge in [0.15, 0.2) is 5.75 Å². The van der Waals surface area contributed by atoms with Crippen molar-refractivity contribution < 1.29 is 23.7 Å². The molecule has 8 nitrogen and oxygen atoms in total. The van der Waals surface area contributed by atoms with Crippen LogP contribution in [0.25, 0.3) is 6.08 Å². The minimum absolute atomic E-state index is 0.232. The molecule has 0 N–H and O–H groups in total. The zero-order valence-electron chi connectivity index (χ0n) is 19.8. The molecule has 0 saturated carbocycles. The van der Waals surface area contributed by atoms with Crippen LogP contribution < -0.4 is 23.8 Å². The molecule has 3 rings (SSSR count). The van der Waals surface area contributed by atoms with Crippen molar-refractivity contribution in [1.82, 2.24) is 9.88 Å². The van der Waals surface area contributed by atoms with Crippen molar-refractivity contribution in [1.29, 1.82) is 0 Å². The smallest absolute Gasteiger partial charge is 0.263 e. The second kappa shape index (κ2) is 9.48. The van der Waals surface area contributed by atoms with Crippen LogP contribution in [0.3, 0.4) is 0 Å². The third-order valence-electron chi connectivity index (χ3n) is 5.13. The van der Waals surface area contributed by atoms with E-state index >= 15 is 0 Å². The molecule has 172 valence electrons. The largest absolute Gasteiger partial charge is 0.495 e. The van der Waals surface area contributed by atoms with Gasteiger partial charge in [0.2, 0.25) is 0 Å². The number of hydrogen-bond donors (Lipinski definition) is 0. The first-order valence-corrected chi connectivity index (χ1v) is 10.4. The van der Waals surface area contributed by atoms with Crippen molar-refractivity contribution in [2.24, 2.45) is 0 Å². The molecule has 0 aliphatic carbocycles. The predicted octanol–water partition coefficient (Wildman–Crippen LogP) is 3.50. The number of aromatic nitrogens is 1. The Hall–Kier alpha value is -3.26. The highest BCUT2D eigenvalue weighted by atomic mass is 16.5. The maximum absolute atomic E-state index is 13.8. The number of fused-ring (bicyclic) bond motifs is 1. The first-order valence-electron chi connectivity index (χ1n) is 10.4. The van der Waals surface area contributed by atoms with E-state index in [0.717, 1.165) is 5.56 Å². The molecule has 1 amide bonds. The molecule has 1 aliphatic rings. The van der Waals surface area contributed by atoms with Crippen molar-refractivity contribution in [3.05, 3.63) is 41.5 Å². The first-order chi connectivity index (χ1) is 15.2. The van der Waals surface area contributed by atoms with E-state index in [4.69, 9.17) is 18.9 Å². The number of rotatable bonds is 8. The van der Waals surface area contributed by atoms with Crippen LogP contribution in [0.2, 0.25) is 0 Å². The molecule has 0 saturated heterocycles. The third kappa shape index (κ3) is 4.80. The highest BCUT2D eigenvalue weighted by Gasteiger charge is 2.29. The van der Waals surface area contributed by atoms with Gasteiger partial charge in [-0.1, -0.05) is 0 Å². The molecule has 0 radical (unpaired) electrons. The standard InChI is InChI=1S/C24H31N3O5/c1-24(2)13-12-16-18(32-24)9-8-17(21(16)30-6)23(28)27(15-14-26(3)4)20-11-10-19(29-5)22(25-20)31-7/h8-13H,14-15H2,1-7H3. The van der Waals surface area contributed by atoms with Crippen LogP contribution in [0.1, 0.15) is 29.8 Å². The fraction of sp³-hybridized carbons (Fsp3) is 0.417. The average molecular weight is 442 g/mol. The summed E-state index contributed by atoms with van der Waals surface area (Å²) in [5.41, 5.74) is 0.741. The number of amides is 1. The number of benzene rings is 1. The Morgan fingerprint density at radius 1 is 1.03 bits per heavy atom. The summed E-state index contributed by atoms with van der Waals surface area (Å²) in [7, 11) is 8.52. The Bertz CT molecular complexity index is 1020. The molecule has 0 spiro atoms. The van der Waals surface area contributed by atoms with Crippen molar-refractivity contribution in [2.75, 3.05) is 53.4 Å². The molecule has 0 fully saturated rings. The van der Waals surface area contributed by atoms with Crippen LogP contribution in [0.5, 0.6) is 23.1 Å². The van der Waals surface area contributed by atoms with E-state index in [1.807, 2.05) is 51.1 Å². The van der Waals surface area contributed by atoms with Crippen molar-refractivity contribution in [3.63, 3.8) is 0 Å². The highest BCUT2D eigenvalue weighted by Crippen LogP contribution is 2.40. The van der Waals surface area contributed by atoms with Crippen molar-refractivity contribution in [3.8, 4) is 23.1 Å². The summed E-state index contributed by atoms with van der Waals surface area (Å²) >= 11 is 0. The molecule has 1 aromatic carbocycles. The molecule has 0 unspecified atom stereocenters. The minimum atomic E-state index is -0.426. The molecule has 0 atom stereocenters. The Kier molecular flexibility index (Phi) is 6.93. The van der Waals surface area contributed by atoms with Gasteiger partial charge < -0.3 is 23.8 Å². The number of methoxy groups -OCH3 is 3. The lowest BCUT2D eigenvalue weighted by Gasteiger charge is -2.30. The van der Waals surface area contributed by atoms with Gasteiger partial charge in [-0.3, -0.25) is 9.69 Å². The quantitative estimate of drug-likeness (QED) is 0.621. The third-order valence-corrected chi connectivity index (χ3v) is 5.13. The molecule has 1 aliphatic heterocycles. The molecule has 0 bridgehead atoms. The summed E-state index contributed by atoms with van der Waals surface area (Å²) < 4.78 is 22.3. The number of anilines is 1. The average Bonchev–Trinajstić information content (AvgIpc) is 2.77. The summed E-state index contributed by atoms with van der Waals surface area (Å²) in [5, 5.41) is 0.